The monoisotopic (exact) mass is 493 g/mol. The molecular formula is C24H31N9OS. The fourth-order valence-electron chi connectivity index (χ4n) is 4.37. The molecule has 0 aromatic carbocycles. The fourth-order valence-corrected chi connectivity index (χ4v) is 5.07. The Balaban J connectivity index is 1.32. The minimum atomic E-state index is -0.193. The topological polar surface area (TPSA) is 125 Å². The number of carbonyl (C=O) groups excluding carboxylic acids is 1. The number of hydrogen-bond donors (Lipinski definition) is 2. The lowest BCUT2D eigenvalue weighted by molar-refractivity contribution is 0.0948. The second-order valence-electron chi connectivity index (χ2n) is 8.88. The lowest BCUT2D eigenvalue weighted by Crippen LogP contribution is -2.35. The SMILES string of the molecule is Cc1cc(C)n(CCCNC(=O)c2csc(Nc3cc([C@@H]4CCCN(CC#N)C4)nc(C)n3)n2)n1. The van der Waals surface area contributed by atoms with Crippen molar-refractivity contribution in [2.45, 2.75) is 52.5 Å². The zero-order valence-corrected chi connectivity index (χ0v) is 21.2. The Bertz CT molecular complexity index is 1210. The third-order valence-corrected chi connectivity index (χ3v) is 6.74. The summed E-state index contributed by atoms with van der Waals surface area (Å²) in [7, 11) is 0. The number of anilines is 2. The predicted octanol–water partition coefficient (Wildman–Crippen LogP) is 3.32. The van der Waals surface area contributed by atoms with Crippen molar-refractivity contribution in [1.82, 2.24) is 34.9 Å². The third kappa shape index (κ3) is 6.61. The van der Waals surface area contributed by atoms with Gasteiger partial charge in [0.15, 0.2) is 5.13 Å². The summed E-state index contributed by atoms with van der Waals surface area (Å²) < 4.78 is 1.96. The highest BCUT2D eigenvalue weighted by atomic mass is 32.1. The highest BCUT2D eigenvalue weighted by Gasteiger charge is 2.23. The van der Waals surface area contributed by atoms with Crippen LogP contribution < -0.4 is 10.6 Å². The molecule has 11 heteroatoms. The largest absolute Gasteiger partial charge is 0.351 e. The Kier molecular flexibility index (Phi) is 8.05. The van der Waals surface area contributed by atoms with Gasteiger partial charge in [0.1, 0.15) is 17.3 Å². The normalized spacial score (nSPS) is 16.1. The molecule has 4 heterocycles. The van der Waals surface area contributed by atoms with Gasteiger partial charge in [-0.1, -0.05) is 0 Å². The van der Waals surface area contributed by atoms with Gasteiger partial charge in [0.2, 0.25) is 0 Å². The summed E-state index contributed by atoms with van der Waals surface area (Å²) in [6, 6.07) is 6.24. The van der Waals surface area contributed by atoms with Crippen LogP contribution in [-0.4, -0.2) is 61.7 Å². The number of aromatic nitrogens is 5. The average Bonchev–Trinajstić information content (AvgIpc) is 3.42. The molecule has 1 fully saturated rings. The van der Waals surface area contributed by atoms with Crippen LogP contribution in [0.1, 0.15) is 58.6 Å². The van der Waals surface area contributed by atoms with Gasteiger partial charge in [0.25, 0.3) is 5.91 Å². The second-order valence-corrected chi connectivity index (χ2v) is 9.74. The summed E-state index contributed by atoms with van der Waals surface area (Å²) in [5.41, 5.74) is 3.48. The maximum atomic E-state index is 12.5. The van der Waals surface area contributed by atoms with Crippen LogP contribution in [0.3, 0.4) is 0 Å². The minimum Gasteiger partial charge on any atom is -0.351 e. The number of nitrogens with zero attached hydrogens (tertiary/aromatic N) is 7. The van der Waals surface area contributed by atoms with Crippen LogP contribution in [0.5, 0.6) is 0 Å². The van der Waals surface area contributed by atoms with Crippen molar-refractivity contribution in [3.05, 3.63) is 46.1 Å². The summed E-state index contributed by atoms with van der Waals surface area (Å²) in [4.78, 5) is 28.3. The van der Waals surface area contributed by atoms with Gasteiger partial charge >= 0.3 is 0 Å². The molecule has 0 bridgehead atoms. The summed E-state index contributed by atoms with van der Waals surface area (Å²) >= 11 is 1.37. The standard InChI is InChI=1S/C24H31N9OS/c1-16-12-17(2)33(31-16)10-5-8-26-23(34)21-15-35-24(29-21)30-22-13-20(27-18(3)28-22)19-6-4-9-32(14-19)11-7-25/h12-13,15,19H,4-6,8-11,14H2,1-3H3,(H,26,34)(H,27,28,29,30)/t19-/m1/s1. The van der Waals surface area contributed by atoms with Crippen LogP contribution in [0, 0.1) is 32.1 Å². The van der Waals surface area contributed by atoms with E-state index >= 15 is 0 Å². The predicted molar refractivity (Wildman–Crippen MR) is 135 cm³/mol. The van der Waals surface area contributed by atoms with E-state index in [1.807, 2.05) is 37.6 Å². The van der Waals surface area contributed by atoms with E-state index in [1.54, 1.807) is 5.38 Å². The number of aryl methyl sites for hydroxylation is 4. The van der Waals surface area contributed by atoms with E-state index in [0.29, 0.717) is 35.6 Å². The highest BCUT2D eigenvalue weighted by Crippen LogP contribution is 2.28. The van der Waals surface area contributed by atoms with E-state index < -0.39 is 0 Å². The number of carbonyl (C=O) groups is 1. The van der Waals surface area contributed by atoms with E-state index in [0.717, 1.165) is 56.0 Å². The van der Waals surface area contributed by atoms with Crippen molar-refractivity contribution < 1.29 is 4.79 Å². The number of nitrogens with one attached hydrogen (secondary N) is 2. The van der Waals surface area contributed by atoms with Gasteiger partial charge in [-0.05, 0) is 52.6 Å². The molecule has 184 valence electrons. The van der Waals surface area contributed by atoms with Crippen molar-refractivity contribution in [3.8, 4) is 6.07 Å². The highest BCUT2D eigenvalue weighted by molar-refractivity contribution is 7.14. The van der Waals surface area contributed by atoms with E-state index in [-0.39, 0.29) is 11.8 Å². The number of hydrogen-bond acceptors (Lipinski definition) is 9. The minimum absolute atomic E-state index is 0.193. The molecule has 1 amide bonds. The van der Waals surface area contributed by atoms with Gasteiger partial charge in [0, 0.05) is 42.7 Å². The molecule has 35 heavy (non-hydrogen) atoms. The first-order valence-corrected chi connectivity index (χ1v) is 12.8. The first kappa shape index (κ1) is 24.8. The van der Waals surface area contributed by atoms with Crippen LogP contribution >= 0.6 is 11.3 Å². The van der Waals surface area contributed by atoms with Gasteiger partial charge in [-0.2, -0.15) is 10.4 Å². The first-order chi connectivity index (χ1) is 16.9. The molecule has 1 aliphatic heterocycles. The Morgan fingerprint density at radius 1 is 1.26 bits per heavy atom. The zero-order valence-electron chi connectivity index (χ0n) is 20.4. The summed E-state index contributed by atoms with van der Waals surface area (Å²) in [5, 5.41) is 22.0. The van der Waals surface area contributed by atoms with Crippen LogP contribution in [0.2, 0.25) is 0 Å². The van der Waals surface area contributed by atoms with E-state index in [4.69, 9.17) is 5.26 Å². The van der Waals surface area contributed by atoms with Crippen molar-refractivity contribution in [3.63, 3.8) is 0 Å². The van der Waals surface area contributed by atoms with Crippen LogP contribution in [0.4, 0.5) is 10.9 Å². The van der Waals surface area contributed by atoms with Gasteiger partial charge in [-0.3, -0.25) is 14.4 Å². The van der Waals surface area contributed by atoms with Gasteiger partial charge in [0.05, 0.1) is 24.0 Å². The number of likely N-dealkylation sites (tertiary alicyclic amines) is 1. The number of piperidine rings is 1. The van der Waals surface area contributed by atoms with E-state index in [9.17, 15) is 4.79 Å². The number of thiazole rings is 1. The molecule has 0 spiro atoms. The molecule has 2 N–H and O–H groups in total. The molecule has 1 aliphatic rings. The molecule has 0 saturated carbocycles. The maximum absolute atomic E-state index is 12.5. The molecule has 1 atom stereocenters. The molecule has 0 unspecified atom stereocenters. The Labute approximate surface area is 209 Å². The van der Waals surface area contributed by atoms with Crippen LogP contribution in [0.25, 0.3) is 0 Å². The molecule has 0 aliphatic carbocycles. The zero-order chi connectivity index (χ0) is 24.8. The third-order valence-electron chi connectivity index (χ3n) is 5.98. The lowest BCUT2D eigenvalue weighted by atomic mass is 9.94. The Morgan fingerprint density at radius 3 is 2.89 bits per heavy atom. The quantitative estimate of drug-likeness (QED) is 0.344. The summed E-state index contributed by atoms with van der Waals surface area (Å²) in [6.07, 6.45) is 2.88. The molecule has 4 rings (SSSR count). The molecule has 10 nitrogen and oxygen atoms in total. The Hall–Kier alpha value is -3.36. The molecule has 1 saturated heterocycles. The van der Waals surface area contributed by atoms with Crippen LogP contribution in [0.15, 0.2) is 17.5 Å². The number of amides is 1. The average molecular weight is 494 g/mol. The van der Waals surface area contributed by atoms with Gasteiger partial charge < -0.3 is 10.6 Å². The van der Waals surface area contributed by atoms with Gasteiger partial charge in [-0.15, -0.1) is 11.3 Å². The molecule has 3 aromatic rings. The number of nitriles is 1. The van der Waals surface area contributed by atoms with Crippen molar-refractivity contribution in [1.29, 1.82) is 5.26 Å². The van der Waals surface area contributed by atoms with Gasteiger partial charge in [-0.25, -0.2) is 15.0 Å². The second kappa shape index (κ2) is 11.4. The Morgan fingerprint density at radius 2 is 2.11 bits per heavy atom. The van der Waals surface area contributed by atoms with Crippen molar-refractivity contribution in [2.75, 3.05) is 31.5 Å². The molecule has 0 radical (unpaired) electrons. The molecule has 3 aromatic heterocycles. The maximum Gasteiger partial charge on any atom is 0.270 e. The van der Waals surface area contributed by atoms with Crippen molar-refractivity contribution in [2.24, 2.45) is 0 Å². The summed E-state index contributed by atoms with van der Waals surface area (Å²) in [6.45, 7) is 9.41. The first-order valence-electron chi connectivity index (χ1n) is 11.9. The molecular weight excluding hydrogens is 462 g/mol. The summed E-state index contributed by atoms with van der Waals surface area (Å²) in [5.74, 6) is 1.42. The van der Waals surface area contributed by atoms with E-state index in [2.05, 4.69) is 41.7 Å². The lowest BCUT2D eigenvalue weighted by Gasteiger charge is -2.30. The fraction of sp³-hybridized carbons (Fsp3) is 0.500. The smallest absolute Gasteiger partial charge is 0.270 e. The van der Waals surface area contributed by atoms with Crippen molar-refractivity contribution >= 4 is 28.2 Å². The van der Waals surface area contributed by atoms with Crippen LogP contribution in [-0.2, 0) is 6.54 Å². The van der Waals surface area contributed by atoms with E-state index in [1.165, 1.54) is 11.3 Å². The number of rotatable bonds is 9.